The van der Waals surface area contributed by atoms with Gasteiger partial charge in [0.1, 0.15) is 5.75 Å². The summed E-state index contributed by atoms with van der Waals surface area (Å²) in [4.78, 5) is 1.25. The first-order valence-electron chi connectivity index (χ1n) is 5.06. The molecule has 0 aromatic heterocycles. The second-order valence-electron chi connectivity index (χ2n) is 3.67. The van der Waals surface area contributed by atoms with Crippen LogP contribution in [0.2, 0.25) is 0 Å². The Morgan fingerprint density at radius 1 is 1.38 bits per heavy atom. The molecule has 0 spiro atoms. The van der Waals surface area contributed by atoms with Gasteiger partial charge >= 0.3 is 0 Å². The molecule has 0 atom stereocenters. The van der Waals surface area contributed by atoms with Crippen LogP contribution in [0.5, 0.6) is 5.75 Å². The first-order valence-corrected chi connectivity index (χ1v) is 5.83. The van der Waals surface area contributed by atoms with Crippen molar-refractivity contribution in [2.24, 2.45) is 0 Å². The zero-order valence-electron chi connectivity index (χ0n) is 10.2. The van der Waals surface area contributed by atoms with Crippen molar-refractivity contribution in [2.45, 2.75) is 18.7 Å². The van der Waals surface area contributed by atoms with Gasteiger partial charge < -0.3 is 4.74 Å². The quantitative estimate of drug-likeness (QED) is 0.588. The van der Waals surface area contributed by atoms with Crippen molar-refractivity contribution in [3.63, 3.8) is 0 Å². The fourth-order valence-electron chi connectivity index (χ4n) is 1.49. The van der Waals surface area contributed by atoms with E-state index in [0.717, 1.165) is 5.75 Å². The van der Waals surface area contributed by atoms with E-state index in [1.165, 1.54) is 16.0 Å². The van der Waals surface area contributed by atoms with E-state index in [9.17, 15) is 0 Å². The predicted molar refractivity (Wildman–Crippen MR) is 69.8 cm³/mol. The number of nitrogens with zero attached hydrogens (tertiary/aromatic N) is 1. The maximum Gasteiger partial charge on any atom is 0.119 e. The highest BCUT2D eigenvalue weighted by Crippen LogP contribution is 2.31. The Balaban J connectivity index is 2.93. The Kier molecular flexibility index (Phi) is 4.72. The molecule has 0 amide bonds. The Bertz CT molecular complexity index is 386. The van der Waals surface area contributed by atoms with Gasteiger partial charge in [-0.05, 0) is 56.1 Å². The molecule has 86 valence electrons. The lowest BCUT2D eigenvalue weighted by Crippen LogP contribution is -2.09. The molecule has 0 radical (unpaired) electrons. The summed E-state index contributed by atoms with van der Waals surface area (Å²) in [5.41, 5.74) is 2.43. The average Bonchev–Trinajstić information content (AvgIpc) is 2.23. The van der Waals surface area contributed by atoms with E-state index >= 15 is 0 Å². The van der Waals surface area contributed by atoms with Crippen molar-refractivity contribution in [3.05, 3.63) is 23.3 Å². The van der Waals surface area contributed by atoms with Gasteiger partial charge in [0.05, 0.1) is 13.7 Å². The molecule has 1 aromatic carbocycles. The third-order valence-electron chi connectivity index (χ3n) is 2.23. The van der Waals surface area contributed by atoms with Crippen LogP contribution in [0.1, 0.15) is 11.1 Å². The van der Waals surface area contributed by atoms with Crippen molar-refractivity contribution >= 4 is 11.9 Å². The average molecular weight is 235 g/mol. The lowest BCUT2D eigenvalue weighted by atomic mass is 10.1. The largest absolute Gasteiger partial charge is 0.497 e. The number of ether oxygens (including phenoxy) is 1. The molecule has 0 saturated heterocycles. The summed E-state index contributed by atoms with van der Waals surface area (Å²) in [5.74, 6) is 3.53. The molecule has 0 heterocycles. The van der Waals surface area contributed by atoms with Crippen LogP contribution < -0.4 is 4.74 Å². The number of aryl methyl sites for hydroxylation is 2. The van der Waals surface area contributed by atoms with Gasteiger partial charge in [-0.1, -0.05) is 5.92 Å². The lowest BCUT2D eigenvalue weighted by Gasteiger charge is -2.16. The molecule has 0 fully saturated rings. The summed E-state index contributed by atoms with van der Waals surface area (Å²) in [7, 11) is 3.68. The number of hydrogen-bond acceptors (Lipinski definition) is 3. The van der Waals surface area contributed by atoms with E-state index in [0.29, 0.717) is 6.54 Å². The van der Waals surface area contributed by atoms with Crippen LogP contribution in [0.15, 0.2) is 17.0 Å². The highest BCUT2D eigenvalue weighted by atomic mass is 32.2. The van der Waals surface area contributed by atoms with Crippen molar-refractivity contribution < 1.29 is 4.74 Å². The monoisotopic (exact) mass is 235 g/mol. The van der Waals surface area contributed by atoms with Crippen LogP contribution in [-0.4, -0.2) is 25.0 Å². The summed E-state index contributed by atoms with van der Waals surface area (Å²) in [5, 5.41) is 0. The van der Waals surface area contributed by atoms with Crippen molar-refractivity contribution in [1.82, 2.24) is 4.31 Å². The van der Waals surface area contributed by atoms with Gasteiger partial charge in [0.15, 0.2) is 0 Å². The van der Waals surface area contributed by atoms with Gasteiger partial charge in [0, 0.05) is 4.90 Å². The third kappa shape index (κ3) is 3.19. The number of benzene rings is 1. The number of rotatable bonds is 4. The molecule has 0 aliphatic rings. The van der Waals surface area contributed by atoms with E-state index in [2.05, 4.69) is 19.8 Å². The number of methoxy groups -OCH3 is 1. The molecule has 0 unspecified atom stereocenters. The Hall–Kier alpha value is -1.11. The van der Waals surface area contributed by atoms with Crippen LogP contribution >= 0.6 is 11.9 Å². The molecule has 1 aromatic rings. The molecule has 2 nitrogen and oxygen atoms in total. The van der Waals surface area contributed by atoms with Crippen LogP contribution in [0.25, 0.3) is 0 Å². The maximum atomic E-state index is 5.28. The topological polar surface area (TPSA) is 12.5 Å². The SMILES string of the molecule is C#CCN(C)Sc1c(C)cc(OC)cc1C. The predicted octanol–water partition coefficient (Wildman–Crippen LogP) is 2.88. The molecule has 0 aliphatic carbocycles. The van der Waals surface area contributed by atoms with E-state index < -0.39 is 0 Å². The molecule has 0 bridgehead atoms. The summed E-state index contributed by atoms with van der Waals surface area (Å²) >= 11 is 1.68. The van der Waals surface area contributed by atoms with Gasteiger partial charge in [-0.2, -0.15) is 0 Å². The highest BCUT2D eigenvalue weighted by molar-refractivity contribution is 7.97. The molecular formula is C13H17NOS. The Morgan fingerprint density at radius 2 is 1.94 bits per heavy atom. The standard InChI is InChI=1S/C13H17NOS/c1-6-7-14(4)16-13-10(2)8-12(15-5)9-11(13)3/h1,8-9H,7H2,2-5H3. The molecule has 0 saturated carbocycles. The molecule has 0 N–H and O–H groups in total. The smallest absolute Gasteiger partial charge is 0.119 e. The lowest BCUT2D eigenvalue weighted by molar-refractivity contribution is 0.413. The summed E-state index contributed by atoms with van der Waals surface area (Å²) < 4.78 is 7.27. The second-order valence-corrected chi connectivity index (χ2v) is 4.89. The van der Waals surface area contributed by atoms with Crippen LogP contribution in [0.4, 0.5) is 0 Å². The van der Waals surface area contributed by atoms with Crippen molar-refractivity contribution in [3.8, 4) is 18.1 Å². The third-order valence-corrected chi connectivity index (χ3v) is 3.50. The maximum absolute atomic E-state index is 5.28. The molecule has 3 heteroatoms. The van der Waals surface area contributed by atoms with Crippen LogP contribution in [-0.2, 0) is 0 Å². The zero-order valence-corrected chi connectivity index (χ0v) is 11.0. The van der Waals surface area contributed by atoms with Crippen molar-refractivity contribution in [2.75, 3.05) is 20.7 Å². The van der Waals surface area contributed by atoms with Gasteiger partial charge in [0.2, 0.25) is 0 Å². The second kappa shape index (κ2) is 5.83. The van der Waals surface area contributed by atoms with Crippen LogP contribution in [0, 0.1) is 26.2 Å². The Labute approximate surface area is 102 Å². The fraction of sp³-hybridized carbons (Fsp3) is 0.385. The van der Waals surface area contributed by atoms with Gasteiger partial charge in [-0.15, -0.1) is 6.42 Å². The van der Waals surface area contributed by atoms with E-state index in [1.54, 1.807) is 19.1 Å². The van der Waals surface area contributed by atoms with Crippen molar-refractivity contribution in [1.29, 1.82) is 0 Å². The minimum atomic E-state index is 0.634. The number of terminal acetylenes is 1. The van der Waals surface area contributed by atoms with E-state index in [-0.39, 0.29) is 0 Å². The highest BCUT2D eigenvalue weighted by Gasteiger charge is 2.08. The van der Waals surface area contributed by atoms with E-state index in [1.807, 2.05) is 23.5 Å². The molecule has 1 rings (SSSR count). The fourth-order valence-corrected chi connectivity index (χ4v) is 2.35. The zero-order chi connectivity index (χ0) is 12.1. The minimum absolute atomic E-state index is 0.634. The molecule has 16 heavy (non-hydrogen) atoms. The number of hydrogen-bond donors (Lipinski definition) is 0. The van der Waals surface area contributed by atoms with Gasteiger partial charge in [-0.25, -0.2) is 4.31 Å². The minimum Gasteiger partial charge on any atom is -0.497 e. The molecular weight excluding hydrogens is 218 g/mol. The van der Waals surface area contributed by atoms with Crippen LogP contribution in [0.3, 0.4) is 0 Å². The summed E-state index contributed by atoms with van der Waals surface area (Å²) in [6.07, 6.45) is 5.28. The summed E-state index contributed by atoms with van der Waals surface area (Å²) in [6.45, 7) is 4.80. The summed E-state index contributed by atoms with van der Waals surface area (Å²) in [6, 6.07) is 4.08. The van der Waals surface area contributed by atoms with Gasteiger partial charge in [-0.3, -0.25) is 0 Å². The molecule has 0 aliphatic heterocycles. The first kappa shape index (κ1) is 13.0. The van der Waals surface area contributed by atoms with E-state index in [4.69, 9.17) is 11.2 Å². The van der Waals surface area contributed by atoms with Gasteiger partial charge in [0.25, 0.3) is 0 Å². The first-order chi connectivity index (χ1) is 7.58. The normalized spacial score (nSPS) is 10.2. The Morgan fingerprint density at radius 3 is 2.38 bits per heavy atom.